The first kappa shape index (κ1) is 27.7. The van der Waals surface area contributed by atoms with Gasteiger partial charge in [-0.15, -0.1) is 0 Å². The first-order chi connectivity index (χ1) is 18.0. The van der Waals surface area contributed by atoms with Gasteiger partial charge < -0.3 is 26.2 Å². The van der Waals surface area contributed by atoms with Gasteiger partial charge in [0.25, 0.3) is 0 Å². The van der Waals surface area contributed by atoms with Gasteiger partial charge in [0.1, 0.15) is 5.82 Å². The van der Waals surface area contributed by atoms with Gasteiger partial charge in [-0.1, -0.05) is 19.1 Å². The standard InChI is InChI=1S/C27H40N8O3/c1-19(17-32-10-8-20(16-28)18-32)21-4-6-22(7-5-21)35-11-9-23(31-26(35)38)30-25(37)34-14-12-33(13-15-34)24(36)27(2,3)29/h4-7,9,11,19-20H,8,10,12-18,28-29H2,1-3H3,(H,30,31,37,38). The number of urea groups is 1. The topological polar surface area (TPSA) is 143 Å². The number of anilines is 1. The number of carbonyl (C=O) groups excluding carboxylic acids is 2. The summed E-state index contributed by atoms with van der Waals surface area (Å²) in [5.41, 5.74) is 12.2. The summed E-state index contributed by atoms with van der Waals surface area (Å²) in [5, 5.41) is 2.69. The van der Waals surface area contributed by atoms with Crippen LogP contribution in [0.2, 0.25) is 0 Å². The molecule has 2 aliphatic rings. The van der Waals surface area contributed by atoms with Gasteiger partial charge in [-0.2, -0.15) is 4.98 Å². The highest BCUT2D eigenvalue weighted by atomic mass is 16.2. The fourth-order valence-electron chi connectivity index (χ4n) is 5.11. The van der Waals surface area contributed by atoms with Crippen molar-refractivity contribution in [3.05, 3.63) is 52.6 Å². The minimum Gasteiger partial charge on any atom is -0.338 e. The van der Waals surface area contributed by atoms with Crippen molar-refractivity contribution in [1.82, 2.24) is 24.3 Å². The number of piperazine rings is 1. The van der Waals surface area contributed by atoms with Crippen molar-refractivity contribution in [1.29, 1.82) is 0 Å². The molecule has 11 heteroatoms. The summed E-state index contributed by atoms with van der Waals surface area (Å²) < 4.78 is 1.45. The third-order valence-corrected chi connectivity index (χ3v) is 7.42. The van der Waals surface area contributed by atoms with E-state index in [1.165, 1.54) is 16.6 Å². The zero-order chi connectivity index (χ0) is 27.4. The number of likely N-dealkylation sites (tertiary alicyclic amines) is 1. The lowest BCUT2D eigenvalue weighted by atomic mass is 10.0. The average Bonchev–Trinajstić information content (AvgIpc) is 3.35. The zero-order valence-corrected chi connectivity index (χ0v) is 22.6. The van der Waals surface area contributed by atoms with Crippen LogP contribution in [0.25, 0.3) is 5.69 Å². The quantitative estimate of drug-likeness (QED) is 0.491. The minimum atomic E-state index is -0.945. The van der Waals surface area contributed by atoms with Crippen molar-refractivity contribution < 1.29 is 9.59 Å². The van der Waals surface area contributed by atoms with Gasteiger partial charge in [0.2, 0.25) is 5.91 Å². The molecule has 5 N–H and O–H groups in total. The molecular weight excluding hydrogens is 484 g/mol. The number of carbonyl (C=O) groups is 2. The number of aromatic nitrogens is 2. The van der Waals surface area contributed by atoms with E-state index in [1.807, 2.05) is 12.1 Å². The summed E-state index contributed by atoms with van der Waals surface area (Å²) in [7, 11) is 0. The van der Waals surface area contributed by atoms with E-state index in [0.717, 1.165) is 26.2 Å². The van der Waals surface area contributed by atoms with Crippen molar-refractivity contribution in [2.45, 2.75) is 38.6 Å². The molecule has 206 valence electrons. The van der Waals surface area contributed by atoms with Crippen molar-refractivity contribution in [3.63, 3.8) is 0 Å². The Kier molecular flexibility index (Phi) is 8.49. The van der Waals surface area contributed by atoms with Gasteiger partial charge in [0.05, 0.1) is 11.2 Å². The van der Waals surface area contributed by atoms with Crippen molar-refractivity contribution in [2.75, 3.05) is 57.7 Å². The SMILES string of the molecule is CC(CN1CCC(CN)C1)c1ccc(-n2ccc(NC(=O)N3CCN(C(=O)C(C)(C)N)CC3)nc2=O)cc1. The van der Waals surface area contributed by atoms with Crippen LogP contribution in [0, 0.1) is 5.92 Å². The first-order valence-corrected chi connectivity index (χ1v) is 13.3. The molecule has 2 aromatic rings. The van der Waals surface area contributed by atoms with Gasteiger partial charge in [-0.3, -0.25) is 14.7 Å². The van der Waals surface area contributed by atoms with E-state index in [2.05, 4.69) is 34.3 Å². The summed E-state index contributed by atoms with van der Waals surface area (Å²) >= 11 is 0. The second-order valence-corrected chi connectivity index (χ2v) is 11.0. The summed E-state index contributed by atoms with van der Waals surface area (Å²) in [4.78, 5) is 47.6. The lowest BCUT2D eigenvalue weighted by molar-refractivity contribution is -0.137. The molecule has 3 amide bonds. The highest BCUT2D eigenvalue weighted by Gasteiger charge is 2.31. The number of nitrogens with one attached hydrogen (secondary N) is 1. The molecule has 4 rings (SSSR count). The Hall–Kier alpha value is -3.28. The van der Waals surface area contributed by atoms with Crippen molar-refractivity contribution >= 4 is 17.8 Å². The molecule has 2 aliphatic heterocycles. The van der Waals surface area contributed by atoms with Crippen LogP contribution in [0.15, 0.2) is 41.3 Å². The number of benzene rings is 1. The van der Waals surface area contributed by atoms with Gasteiger partial charge >= 0.3 is 11.7 Å². The summed E-state index contributed by atoms with van der Waals surface area (Å²) in [5.74, 6) is 1.01. The summed E-state index contributed by atoms with van der Waals surface area (Å²) in [6.07, 6.45) is 2.78. The third-order valence-electron chi connectivity index (χ3n) is 7.42. The maximum atomic E-state index is 12.7. The molecular formula is C27H40N8O3. The fourth-order valence-corrected chi connectivity index (χ4v) is 5.11. The number of nitrogens with two attached hydrogens (primary N) is 2. The predicted octanol–water partition coefficient (Wildman–Crippen LogP) is 1.03. The molecule has 11 nitrogen and oxygen atoms in total. The van der Waals surface area contributed by atoms with Crippen molar-refractivity contribution in [2.24, 2.45) is 17.4 Å². The van der Waals surface area contributed by atoms with Crippen molar-refractivity contribution in [3.8, 4) is 5.69 Å². The molecule has 1 aromatic carbocycles. The Bertz CT molecular complexity index is 1180. The monoisotopic (exact) mass is 524 g/mol. The molecule has 0 saturated carbocycles. The van der Waals surface area contributed by atoms with Gasteiger partial charge in [0.15, 0.2) is 0 Å². The van der Waals surface area contributed by atoms with Gasteiger partial charge in [-0.05, 0) is 69.0 Å². The normalized spacial score (nSPS) is 19.4. The van der Waals surface area contributed by atoms with E-state index in [9.17, 15) is 14.4 Å². The predicted molar refractivity (Wildman–Crippen MR) is 147 cm³/mol. The molecule has 1 aromatic heterocycles. The molecule has 2 fully saturated rings. The van der Waals surface area contributed by atoms with Gasteiger partial charge in [0, 0.05) is 45.5 Å². The number of hydrogen-bond acceptors (Lipinski definition) is 7. The Morgan fingerprint density at radius 3 is 2.32 bits per heavy atom. The molecule has 0 bridgehead atoms. The Labute approximate surface area is 223 Å². The second-order valence-electron chi connectivity index (χ2n) is 11.0. The number of hydrogen-bond donors (Lipinski definition) is 3. The lowest BCUT2D eigenvalue weighted by Crippen LogP contribution is -2.58. The molecule has 0 spiro atoms. The van der Waals surface area contributed by atoms with E-state index in [0.29, 0.717) is 43.7 Å². The highest BCUT2D eigenvalue weighted by Crippen LogP contribution is 2.22. The Morgan fingerprint density at radius 2 is 1.74 bits per heavy atom. The minimum absolute atomic E-state index is 0.141. The van der Waals surface area contributed by atoms with E-state index in [1.54, 1.807) is 35.9 Å². The molecule has 2 saturated heterocycles. The van der Waals surface area contributed by atoms with Crippen LogP contribution in [0.3, 0.4) is 0 Å². The maximum Gasteiger partial charge on any atom is 0.354 e. The number of nitrogens with zero attached hydrogens (tertiary/aromatic N) is 5. The van der Waals surface area contributed by atoms with Crippen LogP contribution >= 0.6 is 0 Å². The lowest BCUT2D eigenvalue weighted by Gasteiger charge is -2.37. The molecule has 38 heavy (non-hydrogen) atoms. The molecule has 3 heterocycles. The number of rotatable bonds is 7. The first-order valence-electron chi connectivity index (χ1n) is 13.3. The van der Waals surface area contributed by atoms with Crippen LogP contribution in [0.1, 0.15) is 38.7 Å². The third kappa shape index (κ3) is 6.58. The van der Waals surface area contributed by atoms with Crippen LogP contribution in [0.5, 0.6) is 0 Å². The average molecular weight is 525 g/mol. The van der Waals surface area contributed by atoms with Crippen LogP contribution in [-0.4, -0.2) is 94.1 Å². The summed E-state index contributed by atoms with van der Waals surface area (Å²) in [6.45, 7) is 11.0. The largest absolute Gasteiger partial charge is 0.354 e. The fraction of sp³-hybridized carbons (Fsp3) is 0.556. The molecule has 0 aliphatic carbocycles. The van der Waals surface area contributed by atoms with Crippen LogP contribution < -0.4 is 22.5 Å². The van der Waals surface area contributed by atoms with E-state index in [4.69, 9.17) is 11.5 Å². The van der Waals surface area contributed by atoms with E-state index >= 15 is 0 Å². The highest BCUT2D eigenvalue weighted by molar-refractivity contribution is 5.89. The van der Waals surface area contributed by atoms with Crippen LogP contribution in [-0.2, 0) is 4.79 Å². The second kappa shape index (κ2) is 11.6. The van der Waals surface area contributed by atoms with Gasteiger partial charge in [-0.25, -0.2) is 9.59 Å². The zero-order valence-electron chi connectivity index (χ0n) is 22.6. The van der Waals surface area contributed by atoms with E-state index in [-0.39, 0.29) is 17.8 Å². The van der Waals surface area contributed by atoms with E-state index < -0.39 is 11.2 Å². The molecule has 2 atom stereocenters. The number of amides is 3. The smallest absolute Gasteiger partial charge is 0.338 e. The molecule has 0 radical (unpaired) electrons. The Morgan fingerprint density at radius 1 is 1.08 bits per heavy atom. The summed E-state index contributed by atoms with van der Waals surface area (Å²) in [6, 6.07) is 9.19. The maximum absolute atomic E-state index is 12.7. The molecule has 2 unspecified atom stereocenters. The Balaban J connectivity index is 1.32. The van der Waals surface area contributed by atoms with Crippen LogP contribution in [0.4, 0.5) is 10.6 Å².